The van der Waals surface area contributed by atoms with Crippen molar-refractivity contribution in [1.29, 1.82) is 0 Å². The first-order valence-corrected chi connectivity index (χ1v) is 12.9. The first-order chi connectivity index (χ1) is 16.7. The van der Waals surface area contributed by atoms with Crippen LogP contribution in [0.15, 0.2) is 49.2 Å². The fourth-order valence-corrected chi connectivity index (χ4v) is 6.34. The van der Waals surface area contributed by atoms with E-state index in [0.717, 1.165) is 36.3 Å². The molecule has 1 saturated heterocycles. The highest BCUT2D eigenvalue weighted by Crippen LogP contribution is 2.62. The van der Waals surface area contributed by atoms with Crippen molar-refractivity contribution in [3.8, 4) is 11.1 Å². The van der Waals surface area contributed by atoms with Crippen LogP contribution in [0.2, 0.25) is 0 Å². The molecule has 192 valence electrons. The molecule has 1 aromatic heterocycles. The van der Waals surface area contributed by atoms with Crippen molar-refractivity contribution < 1.29 is 19.0 Å². The van der Waals surface area contributed by atoms with Crippen LogP contribution in [0, 0.1) is 22.6 Å². The van der Waals surface area contributed by atoms with Gasteiger partial charge in [-0.05, 0) is 73.3 Å². The largest absolute Gasteiger partial charge is 0.392 e. The predicted molar refractivity (Wildman–Crippen MR) is 140 cm³/mol. The van der Waals surface area contributed by atoms with E-state index in [2.05, 4.69) is 25.4 Å². The molecule has 35 heavy (non-hydrogen) atoms. The lowest BCUT2D eigenvalue weighted by molar-refractivity contribution is -0.156. The van der Waals surface area contributed by atoms with Crippen LogP contribution in [0.3, 0.4) is 0 Å². The number of aliphatic hydroxyl groups excluding tert-OH is 1. The Bertz CT molecular complexity index is 974. The van der Waals surface area contributed by atoms with Crippen LogP contribution in [-0.2, 0) is 9.47 Å². The predicted octanol–water partition coefficient (Wildman–Crippen LogP) is 6.93. The molecule has 0 radical (unpaired) electrons. The van der Waals surface area contributed by atoms with E-state index >= 15 is 0 Å². The number of methoxy groups -OCH3 is 1. The lowest BCUT2D eigenvalue weighted by Crippen LogP contribution is -2.56. The second-order valence-corrected chi connectivity index (χ2v) is 10.6. The third kappa shape index (κ3) is 6.02. The number of hydrogen-bond donors (Lipinski definition) is 1. The Kier molecular flexibility index (Phi) is 8.90. The summed E-state index contributed by atoms with van der Waals surface area (Å²) in [5.41, 5.74) is 2.99. The fraction of sp³-hybridized carbons (Fsp3) is 0.567. The summed E-state index contributed by atoms with van der Waals surface area (Å²) in [6, 6.07) is 10.2. The SMILES string of the molecule is C=Cc1ccc(-c2cccc(F)c2)cn1.CC.COC[C@@]1(C)C2CCC3(CO3)C[C@]2(C)CC[C@H]1O. The van der Waals surface area contributed by atoms with Gasteiger partial charge < -0.3 is 14.6 Å². The highest BCUT2D eigenvalue weighted by molar-refractivity contribution is 5.63. The third-order valence-electron chi connectivity index (χ3n) is 8.16. The molecule has 2 heterocycles. The van der Waals surface area contributed by atoms with Crippen LogP contribution in [-0.4, -0.2) is 42.1 Å². The average Bonchev–Trinajstić information content (AvgIpc) is 3.61. The van der Waals surface area contributed by atoms with Crippen LogP contribution < -0.4 is 0 Å². The molecule has 5 heteroatoms. The van der Waals surface area contributed by atoms with E-state index < -0.39 is 0 Å². The van der Waals surface area contributed by atoms with Crippen LogP contribution in [0.1, 0.15) is 65.5 Å². The van der Waals surface area contributed by atoms with Crippen LogP contribution in [0.4, 0.5) is 4.39 Å². The molecule has 0 bridgehead atoms. The zero-order valence-electron chi connectivity index (χ0n) is 22.0. The molecular formula is C30H42FNO3. The van der Waals surface area contributed by atoms with Crippen molar-refractivity contribution >= 4 is 6.08 Å². The number of hydrogen-bond acceptors (Lipinski definition) is 4. The zero-order chi connectivity index (χ0) is 25.7. The summed E-state index contributed by atoms with van der Waals surface area (Å²) in [5, 5.41) is 10.4. The Balaban J connectivity index is 0.000000186. The van der Waals surface area contributed by atoms with Crippen LogP contribution in [0.25, 0.3) is 17.2 Å². The van der Waals surface area contributed by atoms with Crippen LogP contribution in [0.5, 0.6) is 0 Å². The fourth-order valence-electron chi connectivity index (χ4n) is 6.34. The number of benzene rings is 1. The minimum Gasteiger partial charge on any atom is -0.392 e. The summed E-state index contributed by atoms with van der Waals surface area (Å²) in [5.74, 6) is 0.323. The van der Waals surface area contributed by atoms with Crippen molar-refractivity contribution in [2.24, 2.45) is 16.7 Å². The molecule has 3 aliphatic rings. The van der Waals surface area contributed by atoms with Gasteiger partial charge in [-0.15, -0.1) is 0 Å². The number of rotatable bonds is 4. The lowest BCUT2D eigenvalue weighted by Gasteiger charge is -2.57. The Morgan fingerprint density at radius 3 is 2.49 bits per heavy atom. The number of aromatic nitrogens is 1. The van der Waals surface area contributed by atoms with E-state index in [1.165, 1.54) is 31.4 Å². The van der Waals surface area contributed by atoms with Crippen molar-refractivity contribution in [3.63, 3.8) is 0 Å². The average molecular weight is 484 g/mol. The van der Waals surface area contributed by atoms with E-state index in [9.17, 15) is 9.50 Å². The molecule has 1 N–H and O–H groups in total. The van der Waals surface area contributed by atoms with Gasteiger partial charge in [0.05, 0.1) is 30.6 Å². The molecule has 1 aromatic carbocycles. The maximum Gasteiger partial charge on any atom is 0.123 e. The Hall–Kier alpha value is -2.08. The third-order valence-corrected chi connectivity index (χ3v) is 8.16. The van der Waals surface area contributed by atoms with E-state index in [-0.39, 0.29) is 22.9 Å². The zero-order valence-corrected chi connectivity index (χ0v) is 22.0. The maximum absolute atomic E-state index is 13.0. The van der Waals surface area contributed by atoms with Crippen molar-refractivity contribution in [2.75, 3.05) is 20.3 Å². The van der Waals surface area contributed by atoms with Gasteiger partial charge in [-0.2, -0.15) is 0 Å². The maximum atomic E-state index is 13.0. The molecule has 2 saturated carbocycles. The second-order valence-electron chi connectivity index (χ2n) is 10.6. The summed E-state index contributed by atoms with van der Waals surface area (Å²) in [6.07, 6.45) is 8.72. The molecule has 1 aliphatic heterocycles. The summed E-state index contributed by atoms with van der Waals surface area (Å²) >= 11 is 0. The molecule has 5 atom stereocenters. The highest BCUT2D eigenvalue weighted by Gasteiger charge is 2.61. The van der Waals surface area contributed by atoms with Crippen molar-refractivity contribution in [3.05, 3.63) is 60.7 Å². The normalized spacial score (nSPS) is 32.9. The first kappa shape index (κ1) is 27.5. The quantitative estimate of drug-likeness (QED) is 0.479. The molecule has 3 fully saturated rings. The van der Waals surface area contributed by atoms with Gasteiger partial charge in [-0.1, -0.05) is 52.5 Å². The number of halogens is 1. The van der Waals surface area contributed by atoms with Gasteiger partial charge in [-0.25, -0.2) is 4.39 Å². The minimum atomic E-state index is -0.236. The number of pyridine rings is 1. The van der Waals surface area contributed by atoms with Gasteiger partial charge in [0.15, 0.2) is 0 Å². The van der Waals surface area contributed by atoms with Gasteiger partial charge in [0, 0.05) is 24.3 Å². The summed E-state index contributed by atoms with van der Waals surface area (Å²) < 4.78 is 24.1. The second kappa shape index (κ2) is 11.3. The molecule has 5 rings (SSSR count). The van der Waals surface area contributed by atoms with Crippen molar-refractivity contribution in [2.45, 2.75) is 71.5 Å². The summed E-state index contributed by atoms with van der Waals surface area (Å²) in [6.45, 7) is 13.9. The molecule has 4 nitrogen and oxygen atoms in total. The molecule has 2 aromatic rings. The number of ether oxygens (including phenoxy) is 2. The van der Waals surface area contributed by atoms with Crippen LogP contribution >= 0.6 is 0 Å². The lowest BCUT2D eigenvalue weighted by atomic mass is 9.49. The van der Waals surface area contributed by atoms with Gasteiger partial charge in [0.25, 0.3) is 0 Å². The molecule has 1 spiro atoms. The van der Waals surface area contributed by atoms with Gasteiger partial charge in [-0.3, -0.25) is 4.98 Å². The smallest absolute Gasteiger partial charge is 0.123 e. The number of nitrogens with zero attached hydrogens (tertiary/aromatic N) is 1. The Morgan fingerprint density at radius 1 is 1.17 bits per heavy atom. The van der Waals surface area contributed by atoms with Gasteiger partial charge in [0.1, 0.15) is 5.82 Å². The van der Waals surface area contributed by atoms with E-state index in [4.69, 9.17) is 9.47 Å². The number of fused-ring (bicyclic) bond motifs is 1. The number of aliphatic hydroxyl groups is 1. The first-order valence-electron chi connectivity index (χ1n) is 12.9. The topological polar surface area (TPSA) is 54.9 Å². The molecular weight excluding hydrogens is 441 g/mol. The molecule has 2 unspecified atom stereocenters. The standard InChI is InChI=1S/C15H26O3.C13H10FN.C2H6/c1-13-6-5-12(16)14(2,9-17-3)11(13)4-7-15(8-13)10-18-15;1-2-13-7-6-11(9-15-13)10-4-3-5-12(14)8-10;1-2/h11-12,16H,4-10H2,1-3H3;2-9H,1H2;1-2H3/t11?,12-,13+,14+,15?;;/m1../s1. The van der Waals surface area contributed by atoms with Gasteiger partial charge >= 0.3 is 0 Å². The monoisotopic (exact) mass is 483 g/mol. The Labute approximate surface area is 210 Å². The van der Waals surface area contributed by atoms with E-state index in [1.54, 1.807) is 25.4 Å². The van der Waals surface area contributed by atoms with E-state index in [0.29, 0.717) is 17.9 Å². The summed E-state index contributed by atoms with van der Waals surface area (Å²) in [7, 11) is 1.75. The number of epoxide rings is 1. The molecule has 2 aliphatic carbocycles. The van der Waals surface area contributed by atoms with E-state index in [1.807, 2.05) is 32.0 Å². The Morgan fingerprint density at radius 2 is 1.91 bits per heavy atom. The summed E-state index contributed by atoms with van der Waals surface area (Å²) in [4.78, 5) is 4.16. The highest BCUT2D eigenvalue weighted by atomic mass is 19.1. The molecule has 0 amide bonds. The van der Waals surface area contributed by atoms with Gasteiger partial charge in [0.2, 0.25) is 0 Å². The minimum absolute atomic E-state index is 0.0851. The van der Waals surface area contributed by atoms with Crippen molar-refractivity contribution in [1.82, 2.24) is 4.98 Å².